The Morgan fingerprint density at radius 1 is 1.29 bits per heavy atom. The Balaban J connectivity index is 1.75. The molecule has 1 aromatic heterocycles. The molecule has 0 aromatic carbocycles. The van der Waals surface area contributed by atoms with Crippen molar-refractivity contribution in [1.29, 1.82) is 0 Å². The monoisotopic (exact) mass is 235 g/mol. The Kier molecular flexibility index (Phi) is 4.28. The number of rotatable bonds is 4. The van der Waals surface area contributed by atoms with Gasteiger partial charge in [0.15, 0.2) is 0 Å². The van der Waals surface area contributed by atoms with Gasteiger partial charge in [0.1, 0.15) is 5.82 Å². The molecule has 1 aliphatic rings. The highest BCUT2D eigenvalue weighted by Crippen LogP contribution is 2.06. The number of hydrogen-bond donors (Lipinski definition) is 1. The molecule has 1 N–H and O–H groups in total. The van der Waals surface area contributed by atoms with E-state index in [-0.39, 0.29) is 0 Å². The van der Waals surface area contributed by atoms with E-state index in [1.165, 1.54) is 0 Å². The van der Waals surface area contributed by atoms with Crippen molar-refractivity contribution >= 4 is 5.82 Å². The SMILES string of the molecule is CC(CNc1cnccn1)N1CCN(C)CC1. The zero-order chi connectivity index (χ0) is 12.1. The topological polar surface area (TPSA) is 44.3 Å². The van der Waals surface area contributed by atoms with E-state index >= 15 is 0 Å². The van der Waals surface area contributed by atoms with Gasteiger partial charge in [-0.1, -0.05) is 0 Å². The summed E-state index contributed by atoms with van der Waals surface area (Å²) in [5, 5.41) is 3.32. The third-order valence-electron chi connectivity index (χ3n) is 3.30. The summed E-state index contributed by atoms with van der Waals surface area (Å²) in [5.74, 6) is 0.855. The van der Waals surface area contributed by atoms with E-state index in [1.54, 1.807) is 18.6 Å². The summed E-state index contributed by atoms with van der Waals surface area (Å²) in [4.78, 5) is 13.1. The molecule has 5 heteroatoms. The Hall–Kier alpha value is -1.20. The van der Waals surface area contributed by atoms with Crippen molar-refractivity contribution in [3.05, 3.63) is 18.6 Å². The van der Waals surface area contributed by atoms with Gasteiger partial charge in [-0.05, 0) is 14.0 Å². The van der Waals surface area contributed by atoms with Gasteiger partial charge in [-0.25, -0.2) is 4.98 Å². The first-order valence-electron chi connectivity index (χ1n) is 6.18. The van der Waals surface area contributed by atoms with E-state index in [0.717, 1.165) is 38.5 Å². The highest BCUT2D eigenvalue weighted by molar-refractivity contribution is 5.29. The fourth-order valence-electron chi connectivity index (χ4n) is 2.03. The number of nitrogens with zero attached hydrogens (tertiary/aromatic N) is 4. The zero-order valence-electron chi connectivity index (χ0n) is 10.6. The van der Waals surface area contributed by atoms with Gasteiger partial charge in [-0.15, -0.1) is 0 Å². The minimum absolute atomic E-state index is 0.533. The number of likely N-dealkylation sites (N-methyl/N-ethyl adjacent to an activating group) is 1. The molecule has 0 bridgehead atoms. The van der Waals surface area contributed by atoms with Gasteiger partial charge in [0.05, 0.1) is 6.20 Å². The molecule has 2 heterocycles. The summed E-state index contributed by atoms with van der Waals surface area (Å²) in [6, 6.07) is 0.533. The highest BCUT2D eigenvalue weighted by atomic mass is 15.3. The lowest BCUT2D eigenvalue weighted by molar-refractivity contribution is 0.123. The van der Waals surface area contributed by atoms with Gasteiger partial charge >= 0.3 is 0 Å². The van der Waals surface area contributed by atoms with Crippen LogP contribution in [0.15, 0.2) is 18.6 Å². The Labute approximate surface area is 103 Å². The van der Waals surface area contributed by atoms with Crippen LogP contribution in [0.1, 0.15) is 6.92 Å². The summed E-state index contributed by atoms with van der Waals surface area (Å²) >= 11 is 0. The molecule has 94 valence electrons. The van der Waals surface area contributed by atoms with Crippen molar-refractivity contribution in [2.45, 2.75) is 13.0 Å². The van der Waals surface area contributed by atoms with Gasteiger partial charge < -0.3 is 10.2 Å². The van der Waals surface area contributed by atoms with E-state index in [2.05, 4.69) is 39.1 Å². The van der Waals surface area contributed by atoms with Gasteiger partial charge in [0, 0.05) is 51.2 Å². The number of hydrogen-bond acceptors (Lipinski definition) is 5. The summed E-state index contributed by atoms with van der Waals surface area (Å²) in [6.07, 6.45) is 5.16. The van der Waals surface area contributed by atoms with Crippen molar-refractivity contribution in [2.24, 2.45) is 0 Å². The maximum absolute atomic E-state index is 4.21. The van der Waals surface area contributed by atoms with Crippen LogP contribution in [-0.2, 0) is 0 Å². The van der Waals surface area contributed by atoms with Crippen LogP contribution >= 0.6 is 0 Å². The number of piperazine rings is 1. The second kappa shape index (κ2) is 5.93. The van der Waals surface area contributed by atoms with Crippen molar-refractivity contribution in [2.75, 3.05) is 45.1 Å². The molecule has 0 spiro atoms. The van der Waals surface area contributed by atoms with Crippen LogP contribution in [0.2, 0.25) is 0 Å². The molecule has 1 aliphatic heterocycles. The van der Waals surface area contributed by atoms with Gasteiger partial charge in [0.2, 0.25) is 0 Å². The van der Waals surface area contributed by atoms with Crippen molar-refractivity contribution in [1.82, 2.24) is 19.8 Å². The third-order valence-corrected chi connectivity index (χ3v) is 3.30. The van der Waals surface area contributed by atoms with E-state index in [4.69, 9.17) is 0 Å². The smallest absolute Gasteiger partial charge is 0.144 e. The molecule has 0 aliphatic carbocycles. The first kappa shape index (κ1) is 12.3. The molecule has 17 heavy (non-hydrogen) atoms. The lowest BCUT2D eigenvalue weighted by Crippen LogP contribution is -2.49. The number of nitrogens with one attached hydrogen (secondary N) is 1. The maximum Gasteiger partial charge on any atom is 0.144 e. The molecule has 5 nitrogen and oxygen atoms in total. The largest absolute Gasteiger partial charge is 0.367 e. The lowest BCUT2D eigenvalue weighted by atomic mass is 10.2. The van der Waals surface area contributed by atoms with E-state index < -0.39 is 0 Å². The molecule has 0 saturated carbocycles. The molecule has 1 atom stereocenters. The molecular weight excluding hydrogens is 214 g/mol. The van der Waals surface area contributed by atoms with Crippen LogP contribution in [0.25, 0.3) is 0 Å². The molecule has 1 saturated heterocycles. The second-order valence-corrected chi connectivity index (χ2v) is 4.66. The Bertz CT molecular complexity index is 321. The fraction of sp³-hybridized carbons (Fsp3) is 0.667. The van der Waals surface area contributed by atoms with E-state index in [1.807, 2.05) is 0 Å². The molecule has 1 fully saturated rings. The average molecular weight is 235 g/mol. The first-order chi connectivity index (χ1) is 8.25. The molecular formula is C12H21N5. The molecule has 1 unspecified atom stereocenters. The van der Waals surface area contributed by atoms with Crippen LogP contribution in [-0.4, -0.2) is 65.6 Å². The van der Waals surface area contributed by atoms with Crippen molar-refractivity contribution < 1.29 is 0 Å². The van der Waals surface area contributed by atoms with E-state index in [0.29, 0.717) is 6.04 Å². The van der Waals surface area contributed by atoms with Crippen LogP contribution in [0.5, 0.6) is 0 Å². The number of aromatic nitrogens is 2. The third kappa shape index (κ3) is 3.64. The van der Waals surface area contributed by atoms with Crippen LogP contribution < -0.4 is 5.32 Å². The van der Waals surface area contributed by atoms with Gasteiger partial charge in [-0.2, -0.15) is 0 Å². The summed E-state index contributed by atoms with van der Waals surface area (Å²) in [7, 11) is 2.18. The van der Waals surface area contributed by atoms with Crippen LogP contribution in [0.4, 0.5) is 5.82 Å². The molecule has 0 amide bonds. The Morgan fingerprint density at radius 2 is 2.06 bits per heavy atom. The minimum atomic E-state index is 0.533. The standard InChI is InChI=1S/C12H21N5/c1-11(17-7-5-16(2)6-8-17)9-15-12-10-13-3-4-14-12/h3-4,10-11H,5-9H2,1-2H3,(H,14,15). The van der Waals surface area contributed by atoms with Gasteiger partial charge in [0.25, 0.3) is 0 Å². The first-order valence-corrected chi connectivity index (χ1v) is 6.18. The Morgan fingerprint density at radius 3 is 2.71 bits per heavy atom. The molecule has 1 aromatic rings. The van der Waals surface area contributed by atoms with E-state index in [9.17, 15) is 0 Å². The second-order valence-electron chi connectivity index (χ2n) is 4.66. The van der Waals surface area contributed by atoms with Crippen LogP contribution in [0.3, 0.4) is 0 Å². The maximum atomic E-state index is 4.21. The lowest BCUT2D eigenvalue weighted by Gasteiger charge is -2.36. The minimum Gasteiger partial charge on any atom is -0.367 e. The van der Waals surface area contributed by atoms with Gasteiger partial charge in [-0.3, -0.25) is 9.88 Å². The quantitative estimate of drug-likeness (QED) is 0.824. The normalized spacial score (nSPS) is 20.1. The zero-order valence-corrected chi connectivity index (χ0v) is 10.6. The van der Waals surface area contributed by atoms with Crippen molar-refractivity contribution in [3.63, 3.8) is 0 Å². The fourth-order valence-corrected chi connectivity index (χ4v) is 2.03. The molecule has 2 rings (SSSR count). The van der Waals surface area contributed by atoms with Crippen LogP contribution in [0, 0.1) is 0 Å². The summed E-state index contributed by atoms with van der Waals surface area (Å²) in [5.41, 5.74) is 0. The number of anilines is 1. The summed E-state index contributed by atoms with van der Waals surface area (Å²) in [6.45, 7) is 7.81. The average Bonchev–Trinajstić information content (AvgIpc) is 2.38. The highest BCUT2D eigenvalue weighted by Gasteiger charge is 2.18. The molecule has 0 radical (unpaired) electrons. The summed E-state index contributed by atoms with van der Waals surface area (Å²) < 4.78 is 0. The van der Waals surface area contributed by atoms with Crippen molar-refractivity contribution in [3.8, 4) is 0 Å². The predicted molar refractivity (Wildman–Crippen MR) is 69.1 cm³/mol. The predicted octanol–water partition coefficient (Wildman–Crippen LogP) is 0.524.